The molecule has 1 amide bonds. The van der Waals surface area contributed by atoms with Gasteiger partial charge in [-0.1, -0.05) is 13.8 Å². The van der Waals surface area contributed by atoms with Crippen molar-refractivity contribution in [3.63, 3.8) is 0 Å². The van der Waals surface area contributed by atoms with Crippen molar-refractivity contribution >= 4 is 17.5 Å². The number of piperazine rings is 1. The van der Waals surface area contributed by atoms with E-state index in [1.54, 1.807) is 13.3 Å². The Balaban J connectivity index is 2.06. The molecule has 6 nitrogen and oxygen atoms in total. The van der Waals surface area contributed by atoms with Crippen LogP contribution in [0, 0.1) is 0 Å². The number of nitrogens with zero attached hydrogens (tertiary/aromatic N) is 5. The Kier molecular flexibility index (Phi) is 5.98. The fraction of sp³-hybridized carbons (Fsp3) is 0.688. The lowest BCUT2D eigenvalue weighted by Crippen LogP contribution is -2.48. The Morgan fingerprint density at radius 3 is 2.32 bits per heavy atom. The van der Waals surface area contributed by atoms with Gasteiger partial charge in [0.15, 0.2) is 0 Å². The molecule has 0 aliphatic carbocycles. The number of aromatic nitrogens is 2. The molecule has 1 aliphatic heterocycles. The molecule has 1 fully saturated rings. The van der Waals surface area contributed by atoms with Crippen molar-refractivity contribution in [3.05, 3.63) is 12.4 Å². The van der Waals surface area contributed by atoms with E-state index in [1.165, 1.54) is 0 Å². The molecule has 0 aromatic carbocycles. The van der Waals surface area contributed by atoms with Gasteiger partial charge < -0.3 is 14.7 Å². The molecule has 6 heteroatoms. The molecule has 2 heterocycles. The van der Waals surface area contributed by atoms with Gasteiger partial charge >= 0.3 is 0 Å². The third-order valence-electron chi connectivity index (χ3n) is 4.00. The third kappa shape index (κ3) is 4.08. The van der Waals surface area contributed by atoms with Gasteiger partial charge in [-0.2, -0.15) is 0 Å². The van der Waals surface area contributed by atoms with E-state index in [4.69, 9.17) is 0 Å². The lowest BCUT2D eigenvalue weighted by atomic mass is 10.3. The van der Waals surface area contributed by atoms with E-state index in [1.807, 2.05) is 4.90 Å². The van der Waals surface area contributed by atoms with Crippen molar-refractivity contribution in [2.24, 2.45) is 0 Å². The van der Waals surface area contributed by atoms with Crippen LogP contribution in [0.2, 0.25) is 0 Å². The number of carbonyl (C=O) groups excluding carboxylic acids is 1. The summed E-state index contributed by atoms with van der Waals surface area (Å²) in [5.41, 5.74) is 0. The molecule has 0 N–H and O–H groups in total. The highest BCUT2D eigenvalue weighted by atomic mass is 16.2. The molecule has 2 rings (SSSR count). The summed E-state index contributed by atoms with van der Waals surface area (Å²) in [4.78, 5) is 26.7. The normalized spacial score (nSPS) is 15.0. The second-order valence-corrected chi connectivity index (χ2v) is 5.71. The number of carbonyl (C=O) groups is 1. The standard InChI is InChI=1S/C16H27N5O/c1-4-6-20(7-5-2)15-12-16(18-13-17-15)21-10-8-19(9-11-21)14(3)22/h12-13H,4-11H2,1-3H3. The lowest BCUT2D eigenvalue weighted by molar-refractivity contribution is -0.129. The van der Waals surface area contributed by atoms with E-state index in [0.29, 0.717) is 0 Å². The molecule has 122 valence electrons. The summed E-state index contributed by atoms with van der Waals surface area (Å²) in [6.45, 7) is 11.2. The Bertz CT molecular complexity index is 479. The van der Waals surface area contributed by atoms with Crippen LogP contribution in [-0.2, 0) is 4.79 Å². The van der Waals surface area contributed by atoms with Crippen LogP contribution in [0.3, 0.4) is 0 Å². The molecule has 0 radical (unpaired) electrons. The number of hydrogen-bond acceptors (Lipinski definition) is 5. The third-order valence-corrected chi connectivity index (χ3v) is 4.00. The van der Waals surface area contributed by atoms with Gasteiger partial charge in [0.25, 0.3) is 0 Å². The van der Waals surface area contributed by atoms with Gasteiger partial charge in [0.2, 0.25) is 5.91 Å². The zero-order valence-electron chi connectivity index (χ0n) is 14.0. The molecule has 1 aliphatic rings. The maximum absolute atomic E-state index is 11.4. The summed E-state index contributed by atoms with van der Waals surface area (Å²) in [5.74, 6) is 2.12. The highest BCUT2D eigenvalue weighted by Crippen LogP contribution is 2.19. The topological polar surface area (TPSA) is 52.6 Å². The number of anilines is 2. The molecule has 0 spiro atoms. The van der Waals surface area contributed by atoms with Crippen LogP contribution in [0.1, 0.15) is 33.6 Å². The fourth-order valence-corrected chi connectivity index (χ4v) is 2.81. The highest BCUT2D eigenvalue weighted by molar-refractivity contribution is 5.73. The van der Waals surface area contributed by atoms with Crippen molar-refractivity contribution in [1.82, 2.24) is 14.9 Å². The minimum atomic E-state index is 0.153. The molecular weight excluding hydrogens is 278 g/mol. The summed E-state index contributed by atoms with van der Waals surface area (Å²) >= 11 is 0. The Morgan fingerprint density at radius 2 is 1.77 bits per heavy atom. The SMILES string of the molecule is CCCN(CCC)c1cc(N2CCN(C(C)=O)CC2)ncn1. The number of rotatable bonds is 6. The summed E-state index contributed by atoms with van der Waals surface area (Å²) in [7, 11) is 0. The summed E-state index contributed by atoms with van der Waals surface area (Å²) in [6.07, 6.45) is 3.87. The van der Waals surface area contributed by atoms with Crippen molar-refractivity contribution in [2.45, 2.75) is 33.6 Å². The predicted octanol–water partition coefficient (Wildman–Crippen LogP) is 1.77. The van der Waals surface area contributed by atoms with Gasteiger partial charge in [-0.05, 0) is 12.8 Å². The highest BCUT2D eigenvalue weighted by Gasteiger charge is 2.20. The van der Waals surface area contributed by atoms with E-state index in [0.717, 1.165) is 63.7 Å². The van der Waals surface area contributed by atoms with Crippen molar-refractivity contribution in [3.8, 4) is 0 Å². The van der Waals surface area contributed by atoms with Gasteiger partial charge in [-0.15, -0.1) is 0 Å². The predicted molar refractivity (Wildman–Crippen MR) is 89.3 cm³/mol. The zero-order valence-corrected chi connectivity index (χ0v) is 14.0. The lowest BCUT2D eigenvalue weighted by Gasteiger charge is -2.35. The van der Waals surface area contributed by atoms with Gasteiger partial charge in [-0.25, -0.2) is 9.97 Å². The van der Waals surface area contributed by atoms with Crippen LogP contribution in [0.15, 0.2) is 12.4 Å². The molecule has 0 atom stereocenters. The summed E-state index contributed by atoms with van der Waals surface area (Å²) < 4.78 is 0. The van der Waals surface area contributed by atoms with E-state index in [2.05, 4.69) is 39.7 Å². The molecule has 1 aromatic rings. The second-order valence-electron chi connectivity index (χ2n) is 5.71. The quantitative estimate of drug-likeness (QED) is 0.802. The average Bonchev–Trinajstić information content (AvgIpc) is 2.55. The first kappa shape index (κ1) is 16.5. The summed E-state index contributed by atoms with van der Waals surface area (Å²) in [5, 5.41) is 0. The number of hydrogen-bond donors (Lipinski definition) is 0. The van der Waals surface area contributed by atoms with Gasteiger partial charge in [-0.3, -0.25) is 4.79 Å². The van der Waals surface area contributed by atoms with E-state index in [9.17, 15) is 4.79 Å². The van der Waals surface area contributed by atoms with Crippen LogP contribution in [0.25, 0.3) is 0 Å². The van der Waals surface area contributed by atoms with E-state index in [-0.39, 0.29) is 5.91 Å². The van der Waals surface area contributed by atoms with E-state index < -0.39 is 0 Å². The van der Waals surface area contributed by atoms with Gasteiger partial charge in [0.05, 0.1) is 0 Å². The number of amides is 1. The summed E-state index contributed by atoms with van der Waals surface area (Å²) in [6, 6.07) is 2.08. The Morgan fingerprint density at radius 1 is 1.14 bits per heavy atom. The average molecular weight is 305 g/mol. The minimum Gasteiger partial charge on any atom is -0.356 e. The fourth-order valence-electron chi connectivity index (χ4n) is 2.81. The van der Waals surface area contributed by atoms with Gasteiger partial charge in [0, 0.05) is 52.3 Å². The van der Waals surface area contributed by atoms with Crippen molar-refractivity contribution in [1.29, 1.82) is 0 Å². The molecule has 0 bridgehead atoms. The Labute approximate surface area is 133 Å². The molecule has 1 saturated heterocycles. The van der Waals surface area contributed by atoms with Crippen LogP contribution >= 0.6 is 0 Å². The maximum Gasteiger partial charge on any atom is 0.219 e. The van der Waals surface area contributed by atoms with Gasteiger partial charge in [0.1, 0.15) is 18.0 Å². The zero-order chi connectivity index (χ0) is 15.9. The minimum absolute atomic E-state index is 0.153. The molecular formula is C16H27N5O. The van der Waals surface area contributed by atoms with E-state index >= 15 is 0 Å². The molecule has 1 aromatic heterocycles. The van der Waals surface area contributed by atoms with Crippen LogP contribution in [0.4, 0.5) is 11.6 Å². The smallest absolute Gasteiger partial charge is 0.219 e. The van der Waals surface area contributed by atoms with Crippen molar-refractivity contribution < 1.29 is 4.79 Å². The van der Waals surface area contributed by atoms with Crippen LogP contribution < -0.4 is 9.80 Å². The maximum atomic E-state index is 11.4. The second kappa shape index (κ2) is 7.96. The monoisotopic (exact) mass is 305 g/mol. The van der Waals surface area contributed by atoms with Crippen LogP contribution in [-0.4, -0.2) is 60.0 Å². The molecule has 0 unspecified atom stereocenters. The first-order valence-electron chi connectivity index (χ1n) is 8.23. The Hall–Kier alpha value is -1.85. The van der Waals surface area contributed by atoms with Crippen molar-refractivity contribution in [2.75, 3.05) is 49.1 Å². The largest absolute Gasteiger partial charge is 0.356 e. The molecule has 22 heavy (non-hydrogen) atoms. The van der Waals surface area contributed by atoms with Crippen LogP contribution in [0.5, 0.6) is 0 Å². The molecule has 0 saturated carbocycles. The first-order valence-corrected chi connectivity index (χ1v) is 8.23. The first-order chi connectivity index (χ1) is 10.7.